The van der Waals surface area contributed by atoms with E-state index in [-0.39, 0.29) is 11.3 Å². The largest absolute Gasteiger partial charge is 0.496 e. The van der Waals surface area contributed by atoms with E-state index >= 15 is 0 Å². The monoisotopic (exact) mass is 290 g/mol. The Morgan fingerprint density at radius 3 is 1.80 bits per heavy atom. The van der Waals surface area contributed by atoms with E-state index in [1.54, 1.807) is 13.0 Å². The van der Waals surface area contributed by atoms with Crippen molar-refractivity contribution in [3.8, 4) is 5.75 Å². The van der Waals surface area contributed by atoms with Crippen molar-refractivity contribution >= 4 is 0 Å². The predicted molar refractivity (Wildman–Crippen MR) is 72.1 cm³/mol. The van der Waals surface area contributed by atoms with Crippen molar-refractivity contribution in [3.05, 3.63) is 28.8 Å². The summed E-state index contributed by atoms with van der Waals surface area (Å²) < 4.78 is 44.4. The molecule has 0 heterocycles. The van der Waals surface area contributed by atoms with Gasteiger partial charge >= 0.3 is 6.18 Å². The summed E-state index contributed by atoms with van der Waals surface area (Å²) in [6, 6.07) is 3.11. The maximum atomic E-state index is 13.1. The molecule has 1 atom stereocenters. The molecule has 0 fully saturated rings. The SMILES string of the molecule is COc1c(C(C)(C)C)cc(C)cc1C(C)(O)C(F)(F)F. The van der Waals surface area contributed by atoms with Crippen LogP contribution in [0.4, 0.5) is 13.2 Å². The zero-order valence-corrected chi connectivity index (χ0v) is 12.6. The lowest BCUT2D eigenvalue weighted by molar-refractivity contribution is -0.259. The van der Waals surface area contributed by atoms with Crippen LogP contribution in [-0.2, 0) is 11.0 Å². The van der Waals surface area contributed by atoms with Crippen LogP contribution in [0.15, 0.2) is 12.1 Å². The first kappa shape index (κ1) is 16.8. The van der Waals surface area contributed by atoms with Gasteiger partial charge in [0.15, 0.2) is 5.60 Å². The molecule has 1 unspecified atom stereocenters. The molecular weight excluding hydrogens is 269 g/mol. The summed E-state index contributed by atoms with van der Waals surface area (Å²) in [5.41, 5.74) is -2.31. The molecule has 0 aliphatic rings. The van der Waals surface area contributed by atoms with Crippen molar-refractivity contribution in [1.82, 2.24) is 0 Å². The van der Waals surface area contributed by atoms with Crippen LogP contribution in [0.5, 0.6) is 5.75 Å². The summed E-state index contributed by atoms with van der Waals surface area (Å²) in [4.78, 5) is 0. The summed E-state index contributed by atoms with van der Waals surface area (Å²) in [5, 5.41) is 9.94. The average molecular weight is 290 g/mol. The molecule has 0 spiro atoms. The van der Waals surface area contributed by atoms with Crippen molar-refractivity contribution in [3.63, 3.8) is 0 Å². The van der Waals surface area contributed by atoms with Gasteiger partial charge in [-0.2, -0.15) is 13.2 Å². The third-order valence-electron chi connectivity index (χ3n) is 3.32. The number of aryl methyl sites for hydroxylation is 1. The Kier molecular flexibility index (Phi) is 4.16. The highest BCUT2D eigenvalue weighted by Crippen LogP contribution is 2.46. The maximum absolute atomic E-state index is 13.1. The van der Waals surface area contributed by atoms with Crippen LogP contribution in [0.1, 0.15) is 44.4 Å². The Labute approximate surface area is 117 Å². The van der Waals surface area contributed by atoms with Crippen LogP contribution in [0.25, 0.3) is 0 Å². The van der Waals surface area contributed by atoms with Crippen molar-refractivity contribution in [2.24, 2.45) is 0 Å². The molecule has 0 aromatic heterocycles. The highest BCUT2D eigenvalue weighted by molar-refractivity contribution is 5.50. The van der Waals surface area contributed by atoms with Gasteiger partial charge in [0.05, 0.1) is 7.11 Å². The molecule has 5 heteroatoms. The average Bonchev–Trinajstić information content (AvgIpc) is 2.25. The van der Waals surface area contributed by atoms with Crippen molar-refractivity contribution in [2.45, 2.75) is 51.8 Å². The fourth-order valence-electron chi connectivity index (χ4n) is 2.06. The van der Waals surface area contributed by atoms with Gasteiger partial charge in [0, 0.05) is 11.1 Å². The van der Waals surface area contributed by atoms with Gasteiger partial charge < -0.3 is 9.84 Å². The van der Waals surface area contributed by atoms with Crippen LogP contribution >= 0.6 is 0 Å². The zero-order chi connectivity index (χ0) is 15.9. The molecule has 0 bridgehead atoms. The standard InChI is InChI=1S/C15H21F3O2/c1-9-7-10(13(2,3)4)12(20-6)11(8-9)14(5,19)15(16,17)18/h7-8,19H,1-6H3. The molecular formula is C15H21F3O2. The quantitative estimate of drug-likeness (QED) is 0.889. The van der Waals surface area contributed by atoms with E-state index in [4.69, 9.17) is 4.74 Å². The van der Waals surface area contributed by atoms with E-state index in [0.29, 0.717) is 11.1 Å². The summed E-state index contributed by atoms with van der Waals surface area (Å²) in [5.74, 6) is 0.0884. The van der Waals surface area contributed by atoms with Crippen LogP contribution in [0.2, 0.25) is 0 Å². The number of benzene rings is 1. The second-order valence-electron chi connectivity index (χ2n) is 6.21. The van der Waals surface area contributed by atoms with Crippen LogP contribution < -0.4 is 4.74 Å². The van der Waals surface area contributed by atoms with Gasteiger partial charge in [0.2, 0.25) is 0 Å². The second-order valence-corrected chi connectivity index (χ2v) is 6.21. The Balaban J connectivity index is 3.69. The molecule has 0 amide bonds. The third kappa shape index (κ3) is 2.92. The predicted octanol–water partition coefficient (Wildman–Crippen LogP) is 4.07. The topological polar surface area (TPSA) is 29.5 Å². The summed E-state index contributed by atoms with van der Waals surface area (Å²) in [6.07, 6.45) is -4.77. The number of aliphatic hydroxyl groups is 1. The number of rotatable bonds is 2. The summed E-state index contributed by atoms with van der Waals surface area (Å²) in [7, 11) is 1.32. The molecule has 114 valence electrons. The fraction of sp³-hybridized carbons (Fsp3) is 0.600. The molecule has 2 nitrogen and oxygen atoms in total. The molecule has 1 rings (SSSR count). The first-order valence-electron chi connectivity index (χ1n) is 6.31. The van der Waals surface area contributed by atoms with Gasteiger partial charge in [-0.05, 0) is 25.3 Å². The molecule has 1 aromatic carbocycles. The lowest BCUT2D eigenvalue weighted by Crippen LogP contribution is -2.40. The number of halogens is 3. The minimum absolute atomic E-state index is 0.0884. The molecule has 0 radical (unpaired) electrons. The normalized spacial score (nSPS) is 15.9. The Morgan fingerprint density at radius 2 is 1.45 bits per heavy atom. The van der Waals surface area contributed by atoms with E-state index in [0.717, 1.165) is 6.92 Å². The van der Waals surface area contributed by atoms with Gasteiger partial charge in [0.1, 0.15) is 5.75 Å². The van der Waals surface area contributed by atoms with Crippen LogP contribution in [0, 0.1) is 6.92 Å². The smallest absolute Gasteiger partial charge is 0.421 e. The third-order valence-corrected chi connectivity index (χ3v) is 3.32. The highest BCUT2D eigenvalue weighted by atomic mass is 19.4. The van der Waals surface area contributed by atoms with E-state index in [9.17, 15) is 18.3 Å². The fourth-order valence-corrected chi connectivity index (χ4v) is 2.06. The number of hydrogen-bond donors (Lipinski definition) is 1. The Morgan fingerprint density at radius 1 is 1.00 bits per heavy atom. The first-order valence-corrected chi connectivity index (χ1v) is 6.31. The lowest BCUT2D eigenvalue weighted by Gasteiger charge is -2.32. The lowest BCUT2D eigenvalue weighted by atomic mass is 9.81. The Bertz CT molecular complexity index is 497. The van der Waals surface area contributed by atoms with Gasteiger partial charge in [-0.15, -0.1) is 0 Å². The minimum atomic E-state index is -4.77. The van der Waals surface area contributed by atoms with E-state index in [1.165, 1.54) is 13.2 Å². The van der Waals surface area contributed by atoms with E-state index in [2.05, 4.69) is 0 Å². The molecule has 1 N–H and O–H groups in total. The van der Waals surface area contributed by atoms with Gasteiger partial charge in [-0.1, -0.05) is 32.4 Å². The molecule has 0 saturated heterocycles. The first-order chi connectivity index (χ1) is 8.82. The van der Waals surface area contributed by atoms with Crippen LogP contribution in [0.3, 0.4) is 0 Å². The second kappa shape index (κ2) is 4.95. The van der Waals surface area contributed by atoms with Crippen molar-refractivity contribution in [1.29, 1.82) is 0 Å². The van der Waals surface area contributed by atoms with Gasteiger partial charge in [0.25, 0.3) is 0 Å². The number of ether oxygens (including phenoxy) is 1. The van der Waals surface area contributed by atoms with Crippen molar-refractivity contribution < 1.29 is 23.0 Å². The summed E-state index contributed by atoms with van der Waals surface area (Å²) >= 11 is 0. The molecule has 0 saturated carbocycles. The number of hydrogen-bond acceptors (Lipinski definition) is 2. The number of alkyl halides is 3. The van der Waals surface area contributed by atoms with E-state index in [1.807, 2.05) is 20.8 Å². The Hall–Kier alpha value is -1.23. The molecule has 0 aliphatic carbocycles. The minimum Gasteiger partial charge on any atom is -0.496 e. The van der Waals surface area contributed by atoms with Crippen LogP contribution in [-0.4, -0.2) is 18.4 Å². The molecule has 0 aliphatic heterocycles. The number of methoxy groups -OCH3 is 1. The summed E-state index contributed by atoms with van der Waals surface area (Å²) in [6.45, 7) is 8.10. The van der Waals surface area contributed by atoms with E-state index < -0.39 is 17.2 Å². The zero-order valence-electron chi connectivity index (χ0n) is 12.6. The van der Waals surface area contributed by atoms with Gasteiger partial charge in [-0.3, -0.25) is 0 Å². The maximum Gasteiger partial charge on any atom is 0.421 e. The molecule has 20 heavy (non-hydrogen) atoms. The van der Waals surface area contributed by atoms with Crippen molar-refractivity contribution in [2.75, 3.05) is 7.11 Å². The van der Waals surface area contributed by atoms with Gasteiger partial charge in [-0.25, -0.2) is 0 Å². The highest BCUT2D eigenvalue weighted by Gasteiger charge is 2.53. The molecule has 1 aromatic rings.